The number of aryl methyl sites for hydroxylation is 1. The summed E-state index contributed by atoms with van der Waals surface area (Å²) in [6.07, 6.45) is -6.25. The lowest BCUT2D eigenvalue weighted by molar-refractivity contribution is -0.143. The molecule has 2 aromatic rings. The number of halogens is 6. The van der Waals surface area contributed by atoms with E-state index in [1.807, 2.05) is 63.2 Å². The molecule has 2 atom stereocenters. The maximum absolute atomic E-state index is 13.8. The normalized spacial score (nSPS) is 16.6. The van der Waals surface area contributed by atoms with E-state index in [0.717, 1.165) is 17.5 Å². The van der Waals surface area contributed by atoms with Crippen LogP contribution in [-0.2, 0) is 12.4 Å². The van der Waals surface area contributed by atoms with Gasteiger partial charge in [0.1, 0.15) is 0 Å². The van der Waals surface area contributed by atoms with Crippen molar-refractivity contribution in [2.24, 2.45) is 5.92 Å². The summed E-state index contributed by atoms with van der Waals surface area (Å²) < 4.78 is 80.9. The van der Waals surface area contributed by atoms with E-state index in [1.54, 1.807) is 0 Å². The average molecular weight is 515 g/mol. The second kappa shape index (κ2) is 11.3. The maximum Gasteiger partial charge on any atom is 0.417 e. The van der Waals surface area contributed by atoms with Crippen LogP contribution in [0.4, 0.5) is 26.3 Å². The molecule has 0 bridgehead atoms. The van der Waals surface area contributed by atoms with Gasteiger partial charge in [0.15, 0.2) is 0 Å². The van der Waals surface area contributed by atoms with Gasteiger partial charge in [-0.3, -0.25) is 0 Å². The molecule has 0 spiro atoms. The molecular formula is C28H36F6N2. The minimum absolute atomic E-state index is 0.0843. The second-order valence-corrected chi connectivity index (χ2v) is 9.97. The van der Waals surface area contributed by atoms with Crippen LogP contribution in [0.5, 0.6) is 0 Å². The first kappa shape index (κ1) is 29.7. The minimum Gasteiger partial charge on any atom is -0.376 e. The largest absolute Gasteiger partial charge is 0.417 e. The van der Waals surface area contributed by atoms with Gasteiger partial charge in [0.05, 0.1) is 17.2 Å². The molecule has 200 valence electrons. The van der Waals surface area contributed by atoms with E-state index in [2.05, 4.69) is 18.8 Å². The molecule has 1 N–H and O–H groups in total. The van der Waals surface area contributed by atoms with Gasteiger partial charge in [-0.05, 0) is 63.5 Å². The lowest BCUT2D eigenvalue weighted by Gasteiger charge is -2.44. The van der Waals surface area contributed by atoms with Crippen LogP contribution in [0, 0.1) is 12.8 Å². The van der Waals surface area contributed by atoms with E-state index >= 15 is 0 Å². The monoisotopic (exact) mass is 514 g/mol. The number of hydrogen-bond donors (Lipinski definition) is 1. The Kier molecular flexibility index (Phi) is 9.32. The van der Waals surface area contributed by atoms with Crippen LogP contribution >= 0.6 is 0 Å². The molecular weight excluding hydrogens is 478 g/mol. The van der Waals surface area contributed by atoms with Gasteiger partial charge in [-0.1, -0.05) is 63.6 Å². The predicted octanol–water partition coefficient (Wildman–Crippen LogP) is 8.48. The van der Waals surface area contributed by atoms with Crippen molar-refractivity contribution in [3.8, 4) is 0 Å². The Bertz CT molecular complexity index is 1020. The highest BCUT2D eigenvalue weighted by atomic mass is 19.4. The van der Waals surface area contributed by atoms with Gasteiger partial charge in [0.25, 0.3) is 0 Å². The molecule has 36 heavy (non-hydrogen) atoms. The van der Waals surface area contributed by atoms with Crippen LogP contribution in [0.1, 0.15) is 73.9 Å². The highest BCUT2D eigenvalue weighted by molar-refractivity contribution is 5.69. The summed E-state index contributed by atoms with van der Waals surface area (Å²) in [6.45, 7) is 11.3. The number of likely N-dealkylation sites (N-methyl/N-ethyl adjacent to an activating group) is 1. The predicted molar refractivity (Wildman–Crippen MR) is 133 cm³/mol. The Morgan fingerprint density at radius 3 is 1.94 bits per heavy atom. The lowest BCUT2D eigenvalue weighted by Crippen LogP contribution is -2.50. The topological polar surface area (TPSA) is 15.3 Å². The summed E-state index contributed by atoms with van der Waals surface area (Å²) in [6, 6.07) is 9.58. The molecule has 0 amide bonds. The third kappa shape index (κ3) is 7.28. The Morgan fingerprint density at radius 2 is 1.56 bits per heavy atom. The molecule has 0 aliphatic heterocycles. The quantitative estimate of drug-likeness (QED) is 0.373. The minimum atomic E-state index is -4.98. The number of alkyl halides is 6. The van der Waals surface area contributed by atoms with Crippen molar-refractivity contribution >= 4 is 5.70 Å². The zero-order valence-corrected chi connectivity index (χ0v) is 21.7. The molecule has 1 fully saturated rings. The molecule has 8 heteroatoms. The van der Waals surface area contributed by atoms with Crippen LogP contribution in [0.15, 0.2) is 49.0 Å². The highest BCUT2D eigenvalue weighted by Gasteiger charge is 2.41. The smallest absolute Gasteiger partial charge is 0.376 e. The molecule has 0 radical (unpaired) electrons. The molecule has 3 rings (SSSR count). The van der Waals surface area contributed by atoms with Crippen molar-refractivity contribution in [1.82, 2.24) is 10.2 Å². The summed E-state index contributed by atoms with van der Waals surface area (Å²) >= 11 is 0. The highest BCUT2D eigenvalue weighted by Crippen LogP contribution is 2.42. The number of hydrogen-bond acceptors (Lipinski definition) is 2. The van der Waals surface area contributed by atoms with Crippen LogP contribution < -0.4 is 5.32 Å². The summed E-state index contributed by atoms with van der Waals surface area (Å²) in [5.41, 5.74) is -3.02. The zero-order valence-electron chi connectivity index (χ0n) is 21.7. The third-order valence-electron chi connectivity index (χ3n) is 6.95. The first-order valence-corrected chi connectivity index (χ1v) is 12.0. The SMILES string of the molecule is C=C(NC(c1ccccc1)C(C)(CC)N(C)C)c1c(C)cc(C(F)(F)F)cc1C(F)(F)F.CC1CC1. The number of nitrogens with one attached hydrogen (secondary N) is 1. The van der Waals surface area contributed by atoms with Crippen LogP contribution in [0.25, 0.3) is 5.70 Å². The zero-order chi connectivity index (χ0) is 27.5. The summed E-state index contributed by atoms with van der Waals surface area (Å²) in [4.78, 5) is 1.97. The maximum atomic E-state index is 13.8. The molecule has 0 aromatic heterocycles. The molecule has 2 nitrogen and oxygen atoms in total. The number of benzene rings is 2. The number of nitrogens with zero attached hydrogens (tertiary/aromatic N) is 1. The van der Waals surface area contributed by atoms with Gasteiger partial charge < -0.3 is 10.2 Å². The van der Waals surface area contributed by atoms with Gasteiger partial charge in [0.2, 0.25) is 0 Å². The van der Waals surface area contributed by atoms with Crippen molar-refractivity contribution in [2.75, 3.05) is 14.1 Å². The number of rotatable bonds is 7. The Hall–Kier alpha value is -2.48. The van der Waals surface area contributed by atoms with Gasteiger partial charge in [-0.2, -0.15) is 26.3 Å². The fourth-order valence-corrected chi connectivity index (χ4v) is 4.01. The van der Waals surface area contributed by atoms with E-state index in [4.69, 9.17) is 0 Å². The summed E-state index contributed by atoms with van der Waals surface area (Å²) in [5, 5.41) is 3.12. The van der Waals surface area contributed by atoms with Crippen molar-refractivity contribution in [3.05, 3.63) is 76.9 Å². The standard InChI is InChI=1S/C24H28F6N2.C4H8/c1-7-22(4,32(5)6)21(17-11-9-8-10-12-17)31-16(3)20-15(2)13-18(23(25,26)27)14-19(20)24(28,29)30;1-4-2-3-4/h8-14,21,31H,3,7H2,1-2,4-6H3;4H,2-3H2,1H3. The Balaban J connectivity index is 0.00000103. The van der Waals surface area contributed by atoms with Gasteiger partial charge in [-0.15, -0.1) is 0 Å². The van der Waals surface area contributed by atoms with Crippen LogP contribution in [0.3, 0.4) is 0 Å². The van der Waals surface area contributed by atoms with Crippen molar-refractivity contribution in [1.29, 1.82) is 0 Å². The van der Waals surface area contributed by atoms with Crippen molar-refractivity contribution in [2.45, 2.75) is 70.9 Å². The average Bonchev–Trinajstić information content (AvgIpc) is 3.57. The molecule has 2 unspecified atom stereocenters. The lowest BCUT2D eigenvalue weighted by atomic mass is 9.82. The van der Waals surface area contributed by atoms with Gasteiger partial charge in [0, 0.05) is 16.8 Å². The molecule has 0 heterocycles. The Labute approximate surface area is 210 Å². The molecule has 1 saturated carbocycles. The van der Waals surface area contributed by atoms with E-state index < -0.39 is 35.1 Å². The molecule has 0 saturated heterocycles. The van der Waals surface area contributed by atoms with Gasteiger partial charge in [-0.25, -0.2) is 0 Å². The van der Waals surface area contributed by atoms with Gasteiger partial charge >= 0.3 is 12.4 Å². The Morgan fingerprint density at radius 1 is 1.03 bits per heavy atom. The molecule has 1 aliphatic rings. The van der Waals surface area contributed by atoms with E-state index in [-0.39, 0.29) is 22.9 Å². The van der Waals surface area contributed by atoms with E-state index in [1.165, 1.54) is 19.8 Å². The second-order valence-electron chi connectivity index (χ2n) is 9.97. The fourth-order valence-electron chi connectivity index (χ4n) is 4.01. The first-order valence-electron chi connectivity index (χ1n) is 12.0. The fraction of sp³-hybridized carbons (Fsp3) is 0.500. The van der Waals surface area contributed by atoms with E-state index in [9.17, 15) is 26.3 Å². The summed E-state index contributed by atoms with van der Waals surface area (Å²) in [5.74, 6) is 1.08. The van der Waals surface area contributed by atoms with E-state index in [0.29, 0.717) is 6.42 Å². The molecule has 2 aromatic carbocycles. The third-order valence-corrected chi connectivity index (χ3v) is 6.95. The van der Waals surface area contributed by atoms with Crippen LogP contribution in [0.2, 0.25) is 0 Å². The summed E-state index contributed by atoms with van der Waals surface area (Å²) in [7, 11) is 3.74. The van der Waals surface area contributed by atoms with Crippen molar-refractivity contribution in [3.63, 3.8) is 0 Å². The van der Waals surface area contributed by atoms with Crippen molar-refractivity contribution < 1.29 is 26.3 Å². The molecule has 1 aliphatic carbocycles. The van der Waals surface area contributed by atoms with Crippen LogP contribution in [-0.4, -0.2) is 24.5 Å². The first-order chi connectivity index (χ1) is 16.5.